The average molecular weight is 446 g/mol. The number of carbonyl (C=O) groups excluding carboxylic acids is 2. The molecule has 0 saturated carbocycles. The molecule has 0 saturated heterocycles. The van der Waals surface area contributed by atoms with Crippen molar-refractivity contribution in [3.05, 3.63) is 59.7 Å². The van der Waals surface area contributed by atoms with Gasteiger partial charge in [-0.15, -0.1) is 0 Å². The van der Waals surface area contributed by atoms with Gasteiger partial charge in [0.15, 0.2) is 0 Å². The summed E-state index contributed by atoms with van der Waals surface area (Å²) in [5.41, 5.74) is 0.782. The van der Waals surface area contributed by atoms with E-state index in [0.717, 1.165) is 0 Å². The molecule has 0 heterocycles. The van der Waals surface area contributed by atoms with Gasteiger partial charge in [-0.2, -0.15) is 0 Å². The maximum Gasteiger partial charge on any atom is 0.341 e. The summed E-state index contributed by atoms with van der Waals surface area (Å²) < 4.78 is 32.2. The van der Waals surface area contributed by atoms with Crippen LogP contribution >= 0.6 is 0 Å². The fraction of sp³-hybridized carbons (Fsp3) is 0.417. The van der Waals surface area contributed by atoms with Crippen molar-refractivity contribution >= 4 is 11.9 Å². The molecular formula is C24H30O8. The highest BCUT2D eigenvalue weighted by molar-refractivity contribution is 5.93. The first-order chi connectivity index (χ1) is 15.7. The average Bonchev–Trinajstić information content (AvgIpc) is 2.81. The minimum Gasteiger partial charge on any atom is -0.490 e. The van der Waals surface area contributed by atoms with Gasteiger partial charge in [0.2, 0.25) is 0 Å². The summed E-state index contributed by atoms with van der Waals surface area (Å²) in [6.45, 7) is 6.20. The summed E-state index contributed by atoms with van der Waals surface area (Å²) >= 11 is 0. The number of esters is 2. The highest BCUT2D eigenvalue weighted by Gasteiger charge is 2.13. The molecule has 0 aliphatic rings. The molecule has 0 spiro atoms. The third-order valence-electron chi connectivity index (χ3n) is 4.11. The summed E-state index contributed by atoms with van der Waals surface area (Å²) in [7, 11) is 0. The van der Waals surface area contributed by atoms with Crippen LogP contribution in [0, 0.1) is 0 Å². The molecule has 0 unspecified atom stereocenters. The lowest BCUT2D eigenvalue weighted by Gasteiger charge is -2.12. The van der Waals surface area contributed by atoms with Gasteiger partial charge in [-0.3, -0.25) is 0 Å². The second kappa shape index (κ2) is 14.8. The Labute approximate surface area is 188 Å². The van der Waals surface area contributed by atoms with Crippen molar-refractivity contribution in [2.24, 2.45) is 0 Å². The molecule has 0 bridgehead atoms. The zero-order valence-corrected chi connectivity index (χ0v) is 18.5. The van der Waals surface area contributed by atoms with Crippen molar-refractivity contribution in [3.63, 3.8) is 0 Å². The quantitative estimate of drug-likeness (QED) is 0.303. The van der Waals surface area contributed by atoms with Crippen LogP contribution in [-0.4, -0.2) is 64.8 Å². The Kier molecular flexibility index (Phi) is 11.7. The van der Waals surface area contributed by atoms with Crippen LogP contribution in [0.3, 0.4) is 0 Å². The minimum atomic E-state index is -0.412. The van der Waals surface area contributed by atoms with Gasteiger partial charge >= 0.3 is 11.9 Å². The third-order valence-corrected chi connectivity index (χ3v) is 4.11. The van der Waals surface area contributed by atoms with Crippen LogP contribution in [0.25, 0.3) is 0 Å². The molecule has 2 aromatic rings. The van der Waals surface area contributed by atoms with E-state index in [9.17, 15) is 9.59 Å². The molecule has 2 rings (SSSR count). The molecule has 32 heavy (non-hydrogen) atoms. The van der Waals surface area contributed by atoms with E-state index in [1.165, 1.54) is 0 Å². The first-order valence-corrected chi connectivity index (χ1v) is 10.6. The lowest BCUT2D eigenvalue weighted by molar-refractivity contribution is 0.0266. The predicted octanol–water partition coefficient (Wildman–Crippen LogP) is 3.53. The lowest BCUT2D eigenvalue weighted by atomic mass is 10.2. The van der Waals surface area contributed by atoms with E-state index >= 15 is 0 Å². The molecule has 0 aliphatic heterocycles. The highest BCUT2D eigenvalue weighted by Crippen LogP contribution is 2.19. The van der Waals surface area contributed by atoms with Crippen LogP contribution in [0.1, 0.15) is 34.6 Å². The molecule has 8 nitrogen and oxygen atoms in total. The van der Waals surface area contributed by atoms with E-state index in [2.05, 4.69) is 0 Å². The predicted molar refractivity (Wildman–Crippen MR) is 117 cm³/mol. The molecule has 0 N–H and O–H groups in total. The molecule has 0 radical (unpaired) electrons. The van der Waals surface area contributed by atoms with E-state index in [1.54, 1.807) is 62.4 Å². The van der Waals surface area contributed by atoms with Crippen molar-refractivity contribution < 1.29 is 38.0 Å². The second-order valence-corrected chi connectivity index (χ2v) is 6.35. The second-order valence-electron chi connectivity index (χ2n) is 6.35. The van der Waals surface area contributed by atoms with Crippen LogP contribution in [0.4, 0.5) is 0 Å². The van der Waals surface area contributed by atoms with Crippen LogP contribution in [0.5, 0.6) is 11.5 Å². The molecule has 0 amide bonds. The van der Waals surface area contributed by atoms with Crippen LogP contribution in [0.2, 0.25) is 0 Å². The van der Waals surface area contributed by atoms with Crippen LogP contribution in [-0.2, 0) is 18.9 Å². The number of carbonyl (C=O) groups is 2. The summed E-state index contributed by atoms with van der Waals surface area (Å²) in [5, 5.41) is 0. The SMILES string of the molecule is CCOC(=O)c1ccccc1OCCOCCOCCOc1ccccc1C(=O)OCC. The molecule has 0 fully saturated rings. The molecule has 2 aromatic carbocycles. The van der Waals surface area contributed by atoms with Gasteiger partial charge in [0.25, 0.3) is 0 Å². The fourth-order valence-corrected chi connectivity index (χ4v) is 2.68. The minimum absolute atomic E-state index is 0.296. The topological polar surface area (TPSA) is 89.5 Å². The van der Waals surface area contributed by atoms with Gasteiger partial charge in [0.1, 0.15) is 35.8 Å². The van der Waals surface area contributed by atoms with E-state index in [0.29, 0.717) is 75.5 Å². The monoisotopic (exact) mass is 446 g/mol. The van der Waals surface area contributed by atoms with Crippen molar-refractivity contribution in [3.8, 4) is 11.5 Å². The van der Waals surface area contributed by atoms with Gasteiger partial charge in [0.05, 0.1) is 39.6 Å². The van der Waals surface area contributed by atoms with Gasteiger partial charge in [-0.1, -0.05) is 24.3 Å². The molecule has 8 heteroatoms. The van der Waals surface area contributed by atoms with Gasteiger partial charge in [-0.05, 0) is 38.1 Å². The zero-order valence-electron chi connectivity index (χ0n) is 18.5. The first-order valence-electron chi connectivity index (χ1n) is 10.6. The zero-order chi connectivity index (χ0) is 23.0. The Morgan fingerprint density at radius 1 is 0.594 bits per heavy atom. The van der Waals surface area contributed by atoms with Gasteiger partial charge < -0.3 is 28.4 Å². The largest absolute Gasteiger partial charge is 0.490 e. The number of para-hydroxylation sites is 2. The Hall–Kier alpha value is -3.10. The molecule has 0 aliphatic carbocycles. The normalized spacial score (nSPS) is 10.4. The highest BCUT2D eigenvalue weighted by atomic mass is 16.6. The number of ether oxygens (including phenoxy) is 6. The van der Waals surface area contributed by atoms with Crippen molar-refractivity contribution in [2.75, 3.05) is 52.9 Å². The number of hydrogen-bond donors (Lipinski definition) is 0. The maximum atomic E-state index is 11.9. The van der Waals surface area contributed by atoms with Crippen LogP contribution in [0.15, 0.2) is 48.5 Å². The van der Waals surface area contributed by atoms with E-state index in [4.69, 9.17) is 28.4 Å². The number of rotatable bonds is 15. The molecule has 0 atom stereocenters. The Balaban J connectivity index is 1.57. The van der Waals surface area contributed by atoms with Crippen LogP contribution < -0.4 is 9.47 Å². The summed E-state index contributed by atoms with van der Waals surface area (Å²) in [5.74, 6) is 0.103. The smallest absolute Gasteiger partial charge is 0.341 e. The summed E-state index contributed by atoms with van der Waals surface area (Å²) in [6.07, 6.45) is 0. The first kappa shape index (κ1) is 25.2. The fourth-order valence-electron chi connectivity index (χ4n) is 2.68. The van der Waals surface area contributed by atoms with E-state index in [-0.39, 0.29) is 0 Å². The standard InChI is InChI=1S/C24H30O8/c1-3-29-23(25)19-9-5-7-11-21(19)31-17-15-27-13-14-28-16-18-32-22-12-8-6-10-20(22)24(26)30-4-2/h5-12H,3-4,13-18H2,1-2H3. The molecule has 0 aromatic heterocycles. The maximum absolute atomic E-state index is 11.9. The number of benzene rings is 2. The Bertz CT molecular complexity index is 767. The van der Waals surface area contributed by atoms with Gasteiger partial charge in [0, 0.05) is 0 Å². The molecular weight excluding hydrogens is 416 g/mol. The van der Waals surface area contributed by atoms with E-state index < -0.39 is 11.9 Å². The van der Waals surface area contributed by atoms with Crippen molar-refractivity contribution in [1.82, 2.24) is 0 Å². The van der Waals surface area contributed by atoms with Crippen molar-refractivity contribution in [2.45, 2.75) is 13.8 Å². The van der Waals surface area contributed by atoms with Gasteiger partial charge in [-0.25, -0.2) is 9.59 Å². The molecule has 174 valence electrons. The number of hydrogen-bond acceptors (Lipinski definition) is 8. The third kappa shape index (κ3) is 8.56. The Morgan fingerprint density at radius 3 is 1.38 bits per heavy atom. The van der Waals surface area contributed by atoms with Crippen molar-refractivity contribution in [1.29, 1.82) is 0 Å². The summed E-state index contributed by atoms with van der Waals surface area (Å²) in [4.78, 5) is 23.8. The van der Waals surface area contributed by atoms with E-state index in [1.807, 2.05) is 0 Å². The summed E-state index contributed by atoms with van der Waals surface area (Å²) in [6, 6.07) is 13.9. The Morgan fingerprint density at radius 2 is 0.969 bits per heavy atom. The lowest BCUT2D eigenvalue weighted by Crippen LogP contribution is -2.15.